The average molecular weight is 352 g/mol. The second-order valence-corrected chi connectivity index (χ2v) is 5.96. The van der Waals surface area contributed by atoms with Crippen LogP contribution in [0.1, 0.15) is 12.0 Å². The number of amides is 2. The third kappa shape index (κ3) is 6.43. The van der Waals surface area contributed by atoms with E-state index in [9.17, 15) is 14.0 Å². The van der Waals surface area contributed by atoms with Gasteiger partial charge in [0.05, 0.1) is 19.6 Å². The van der Waals surface area contributed by atoms with Crippen molar-refractivity contribution in [2.75, 3.05) is 53.1 Å². The Morgan fingerprint density at radius 2 is 1.64 bits per heavy atom. The van der Waals surface area contributed by atoms with Crippen molar-refractivity contribution >= 4 is 11.8 Å². The zero-order chi connectivity index (χ0) is 18.1. The third-order valence-corrected chi connectivity index (χ3v) is 4.13. The van der Waals surface area contributed by atoms with Crippen LogP contribution < -0.4 is 0 Å². The first-order chi connectivity index (χ1) is 12.1. The molecule has 0 spiro atoms. The van der Waals surface area contributed by atoms with Crippen LogP contribution in [0.3, 0.4) is 0 Å². The highest BCUT2D eigenvalue weighted by molar-refractivity contribution is 5.79. The van der Waals surface area contributed by atoms with E-state index in [4.69, 9.17) is 9.47 Å². The summed E-state index contributed by atoms with van der Waals surface area (Å²) in [5.74, 6) is -0.381. The predicted molar refractivity (Wildman–Crippen MR) is 90.6 cm³/mol. The van der Waals surface area contributed by atoms with E-state index in [1.54, 1.807) is 29.0 Å². The Kier molecular flexibility index (Phi) is 7.81. The fourth-order valence-corrected chi connectivity index (χ4v) is 2.70. The zero-order valence-electron chi connectivity index (χ0n) is 14.6. The maximum Gasteiger partial charge on any atom is 0.248 e. The minimum absolute atomic E-state index is 0.00254. The van der Waals surface area contributed by atoms with Crippen LogP contribution in [0.2, 0.25) is 0 Å². The van der Waals surface area contributed by atoms with Gasteiger partial charge in [-0.2, -0.15) is 0 Å². The van der Waals surface area contributed by atoms with Gasteiger partial charge in [-0.25, -0.2) is 4.39 Å². The molecular formula is C18H25FN2O4. The molecule has 0 N–H and O–H groups in total. The van der Waals surface area contributed by atoms with Crippen molar-refractivity contribution in [1.29, 1.82) is 0 Å². The quantitative estimate of drug-likeness (QED) is 0.690. The van der Waals surface area contributed by atoms with Gasteiger partial charge in [-0.05, 0) is 24.1 Å². The Bertz CT molecular complexity index is 565. The Morgan fingerprint density at radius 1 is 1.00 bits per heavy atom. The summed E-state index contributed by atoms with van der Waals surface area (Å²) in [4.78, 5) is 28.1. The van der Waals surface area contributed by atoms with Gasteiger partial charge >= 0.3 is 0 Å². The number of methoxy groups -OCH3 is 1. The summed E-state index contributed by atoms with van der Waals surface area (Å²) in [5.41, 5.74) is 0.787. The summed E-state index contributed by atoms with van der Waals surface area (Å²) >= 11 is 0. The van der Waals surface area contributed by atoms with Crippen molar-refractivity contribution in [2.45, 2.75) is 12.8 Å². The molecule has 138 valence electrons. The molecular weight excluding hydrogens is 327 g/mol. The minimum Gasteiger partial charge on any atom is -0.382 e. The van der Waals surface area contributed by atoms with Crippen molar-refractivity contribution in [3.63, 3.8) is 0 Å². The molecule has 1 heterocycles. The van der Waals surface area contributed by atoms with Crippen molar-refractivity contribution in [3.05, 3.63) is 35.6 Å². The van der Waals surface area contributed by atoms with Gasteiger partial charge < -0.3 is 19.3 Å². The number of hydrogen-bond acceptors (Lipinski definition) is 4. The van der Waals surface area contributed by atoms with Gasteiger partial charge in [0.15, 0.2) is 0 Å². The lowest BCUT2D eigenvalue weighted by Crippen LogP contribution is -2.39. The Balaban J connectivity index is 1.78. The predicted octanol–water partition coefficient (Wildman–Crippen LogP) is 1.09. The molecule has 0 aliphatic carbocycles. The van der Waals surface area contributed by atoms with Gasteiger partial charge in [-0.1, -0.05) is 12.1 Å². The van der Waals surface area contributed by atoms with Gasteiger partial charge in [0.25, 0.3) is 0 Å². The van der Waals surface area contributed by atoms with Crippen LogP contribution in [0.4, 0.5) is 4.39 Å². The topological polar surface area (TPSA) is 59.1 Å². The first kappa shape index (κ1) is 19.3. The summed E-state index contributed by atoms with van der Waals surface area (Å²) in [5, 5.41) is 0. The summed E-state index contributed by atoms with van der Waals surface area (Å²) in [6.45, 7) is 3.12. The van der Waals surface area contributed by atoms with Gasteiger partial charge in [-0.15, -0.1) is 0 Å². The van der Waals surface area contributed by atoms with Gasteiger partial charge in [0.2, 0.25) is 11.8 Å². The number of hydrogen-bond donors (Lipinski definition) is 0. The smallest absolute Gasteiger partial charge is 0.248 e. The van der Waals surface area contributed by atoms with E-state index in [0.29, 0.717) is 39.4 Å². The van der Waals surface area contributed by atoms with E-state index >= 15 is 0 Å². The molecule has 1 saturated heterocycles. The number of rotatable bonds is 7. The average Bonchev–Trinajstić information content (AvgIpc) is 2.87. The second kappa shape index (κ2) is 10.1. The number of nitrogens with zero attached hydrogens (tertiary/aromatic N) is 2. The number of ether oxygens (including phenoxy) is 2. The van der Waals surface area contributed by atoms with E-state index in [1.807, 2.05) is 0 Å². The van der Waals surface area contributed by atoms with E-state index in [-0.39, 0.29) is 30.7 Å². The highest BCUT2D eigenvalue weighted by Crippen LogP contribution is 2.09. The largest absolute Gasteiger partial charge is 0.382 e. The monoisotopic (exact) mass is 352 g/mol. The fraction of sp³-hybridized carbons (Fsp3) is 0.556. The van der Waals surface area contributed by atoms with Gasteiger partial charge in [0, 0.05) is 33.3 Å². The van der Waals surface area contributed by atoms with Gasteiger partial charge in [0.1, 0.15) is 12.4 Å². The van der Waals surface area contributed by atoms with Crippen LogP contribution in [-0.2, 0) is 25.5 Å². The molecule has 7 heteroatoms. The minimum atomic E-state index is -0.312. The molecule has 1 aromatic rings. The number of benzene rings is 1. The lowest BCUT2D eigenvalue weighted by atomic mass is 10.1. The third-order valence-electron chi connectivity index (χ3n) is 4.13. The Labute approximate surface area is 147 Å². The molecule has 1 fully saturated rings. The number of carbonyl (C=O) groups excluding carboxylic acids is 2. The molecule has 6 nitrogen and oxygen atoms in total. The van der Waals surface area contributed by atoms with E-state index < -0.39 is 0 Å². The highest BCUT2D eigenvalue weighted by atomic mass is 19.1. The Hall–Kier alpha value is -1.99. The van der Waals surface area contributed by atoms with Crippen molar-refractivity contribution < 1.29 is 23.5 Å². The van der Waals surface area contributed by atoms with Crippen molar-refractivity contribution in [2.24, 2.45) is 0 Å². The fourth-order valence-electron chi connectivity index (χ4n) is 2.70. The highest BCUT2D eigenvalue weighted by Gasteiger charge is 2.22. The van der Waals surface area contributed by atoms with E-state index in [2.05, 4.69) is 0 Å². The van der Waals surface area contributed by atoms with Crippen molar-refractivity contribution in [3.8, 4) is 0 Å². The molecule has 1 aliphatic rings. The molecule has 2 amide bonds. The molecule has 1 aliphatic heterocycles. The standard InChI is InChI=1S/C18H25FN2O4/c1-24-11-12-25-14-18(23)21-8-2-7-20(9-10-21)17(22)13-15-3-5-16(19)6-4-15/h3-6H,2,7-14H2,1H3. The van der Waals surface area contributed by atoms with Crippen LogP contribution in [0.5, 0.6) is 0 Å². The first-order valence-corrected chi connectivity index (χ1v) is 8.47. The Morgan fingerprint density at radius 3 is 2.28 bits per heavy atom. The molecule has 0 saturated carbocycles. The van der Waals surface area contributed by atoms with E-state index in [1.165, 1.54) is 12.1 Å². The SMILES string of the molecule is COCCOCC(=O)N1CCCN(C(=O)Cc2ccc(F)cc2)CC1. The first-order valence-electron chi connectivity index (χ1n) is 8.47. The van der Waals surface area contributed by atoms with Crippen LogP contribution in [0, 0.1) is 5.82 Å². The second-order valence-electron chi connectivity index (χ2n) is 5.96. The number of carbonyl (C=O) groups is 2. The molecule has 2 rings (SSSR count). The molecule has 0 bridgehead atoms. The van der Waals surface area contributed by atoms with Crippen LogP contribution in [-0.4, -0.2) is 74.7 Å². The summed E-state index contributed by atoms with van der Waals surface area (Å²) < 4.78 is 23.1. The zero-order valence-corrected chi connectivity index (χ0v) is 14.6. The molecule has 25 heavy (non-hydrogen) atoms. The maximum absolute atomic E-state index is 12.9. The summed E-state index contributed by atoms with van der Waals surface area (Å²) in [6, 6.07) is 5.96. The molecule has 1 aromatic carbocycles. The summed E-state index contributed by atoms with van der Waals surface area (Å²) in [7, 11) is 1.58. The maximum atomic E-state index is 12.9. The molecule has 0 radical (unpaired) electrons. The van der Waals surface area contributed by atoms with Crippen molar-refractivity contribution in [1.82, 2.24) is 9.80 Å². The summed E-state index contributed by atoms with van der Waals surface area (Å²) in [6.07, 6.45) is 0.979. The normalized spacial score (nSPS) is 15.1. The van der Waals surface area contributed by atoms with Crippen LogP contribution >= 0.6 is 0 Å². The van der Waals surface area contributed by atoms with Crippen LogP contribution in [0.25, 0.3) is 0 Å². The lowest BCUT2D eigenvalue weighted by molar-refractivity contribution is -0.137. The molecule has 0 aromatic heterocycles. The lowest BCUT2D eigenvalue weighted by Gasteiger charge is -2.22. The molecule has 0 atom stereocenters. The van der Waals surface area contributed by atoms with Gasteiger partial charge in [-0.3, -0.25) is 9.59 Å². The van der Waals surface area contributed by atoms with E-state index in [0.717, 1.165) is 12.0 Å². The number of halogens is 1. The van der Waals surface area contributed by atoms with Crippen LogP contribution in [0.15, 0.2) is 24.3 Å². The molecule has 0 unspecified atom stereocenters.